The number of pyridine rings is 1. The molecule has 0 unspecified atom stereocenters. The Bertz CT molecular complexity index is 614. The molecule has 1 aromatic heterocycles. The lowest BCUT2D eigenvalue weighted by atomic mass is 10.1. The zero-order chi connectivity index (χ0) is 15.1. The van der Waals surface area contributed by atoms with Crippen molar-refractivity contribution in [2.75, 3.05) is 26.0 Å². The molecule has 1 heterocycles. The van der Waals surface area contributed by atoms with Crippen LogP contribution in [0.25, 0.3) is 0 Å². The standard InChI is InChI=1S/C16H19N3O2/c1-17-15-11-13(8-9-18-15)16(20)19-10-7-12-5-3-4-6-14(12)21-2/h3-6,8-9,11H,7,10H2,1-2H3,(H,17,18)(H,19,20). The highest BCUT2D eigenvalue weighted by Gasteiger charge is 2.07. The van der Waals surface area contributed by atoms with Crippen molar-refractivity contribution < 1.29 is 9.53 Å². The number of benzene rings is 1. The van der Waals surface area contributed by atoms with E-state index >= 15 is 0 Å². The smallest absolute Gasteiger partial charge is 0.251 e. The number of nitrogens with zero attached hydrogens (tertiary/aromatic N) is 1. The maximum absolute atomic E-state index is 12.1. The molecule has 0 aliphatic heterocycles. The van der Waals surface area contributed by atoms with Crippen molar-refractivity contribution in [1.82, 2.24) is 10.3 Å². The van der Waals surface area contributed by atoms with Crippen LogP contribution in [0.3, 0.4) is 0 Å². The SMILES string of the molecule is CNc1cc(C(=O)NCCc2ccccc2OC)ccn1. The molecule has 1 aromatic carbocycles. The van der Waals surface area contributed by atoms with E-state index in [2.05, 4.69) is 15.6 Å². The predicted molar refractivity (Wildman–Crippen MR) is 82.8 cm³/mol. The number of hydrogen-bond acceptors (Lipinski definition) is 4. The van der Waals surface area contributed by atoms with Crippen molar-refractivity contribution in [3.63, 3.8) is 0 Å². The zero-order valence-corrected chi connectivity index (χ0v) is 12.2. The normalized spacial score (nSPS) is 10.0. The second-order valence-corrected chi connectivity index (χ2v) is 4.50. The fraction of sp³-hybridized carbons (Fsp3) is 0.250. The summed E-state index contributed by atoms with van der Waals surface area (Å²) in [7, 11) is 3.42. The third-order valence-electron chi connectivity index (χ3n) is 3.15. The minimum absolute atomic E-state index is 0.108. The molecule has 0 radical (unpaired) electrons. The molecule has 0 aliphatic carbocycles. The molecule has 21 heavy (non-hydrogen) atoms. The predicted octanol–water partition coefficient (Wildman–Crippen LogP) is 2.10. The lowest BCUT2D eigenvalue weighted by Gasteiger charge is -2.09. The topological polar surface area (TPSA) is 63.2 Å². The van der Waals surface area contributed by atoms with Gasteiger partial charge in [0.25, 0.3) is 5.91 Å². The molecule has 0 bridgehead atoms. The number of ether oxygens (including phenoxy) is 1. The first-order valence-electron chi connectivity index (χ1n) is 6.78. The van der Waals surface area contributed by atoms with E-state index in [0.717, 1.165) is 17.7 Å². The summed E-state index contributed by atoms with van der Waals surface area (Å²) in [5, 5.41) is 5.81. The van der Waals surface area contributed by atoms with Crippen LogP contribution in [0.4, 0.5) is 5.82 Å². The average molecular weight is 285 g/mol. The summed E-state index contributed by atoms with van der Waals surface area (Å²) in [4.78, 5) is 16.1. The van der Waals surface area contributed by atoms with Gasteiger partial charge in [0, 0.05) is 25.4 Å². The summed E-state index contributed by atoms with van der Waals surface area (Å²) in [6, 6.07) is 11.2. The first-order chi connectivity index (χ1) is 10.2. The van der Waals surface area contributed by atoms with E-state index in [1.165, 1.54) is 0 Å². The highest BCUT2D eigenvalue weighted by atomic mass is 16.5. The number of para-hydroxylation sites is 1. The number of amides is 1. The second-order valence-electron chi connectivity index (χ2n) is 4.50. The molecule has 2 N–H and O–H groups in total. The van der Waals surface area contributed by atoms with Crippen LogP contribution in [0.15, 0.2) is 42.6 Å². The molecule has 0 saturated carbocycles. The molecule has 1 amide bonds. The Morgan fingerprint density at radius 2 is 2.10 bits per heavy atom. The Balaban J connectivity index is 1.92. The maximum Gasteiger partial charge on any atom is 0.251 e. The number of rotatable bonds is 6. The Kier molecular flexibility index (Phi) is 5.15. The summed E-state index contributed by atoms with van der Waals surface area (Å²) in [6.07, 6.45) is 2.33. The van der Waals surface area contributed by atoms with Gasteiger partial charge in [-0.1, -0.05) is 18.2 Å². The van der Waals surface area contributed by atoms with Crippen molar-refractivity contribution in [2.45, 2.75) is 6.42 Å². The number of aromatic nitrogens is 1. The molecule has 5 nitrogen and oxygen atoms in total. The van der Waals surface area contributed by atoms with Gasteiger partial charge in [0.15, 0.2) is 0 Å². The monoisotopic (exact) mass is 285 g/mol. The number of nitrogens with one attached hydrogen (secondary N) is 2. The second kappa shape index (κ2) is 7.28. The highest BCUT2D eigenvalue weighted by molar-refractivity contribution is 5.94. The molecule has 0 aliphatic rings. The third kappa shape index (κ3) is 3.95. The fourth-order valence-corrected chi connectivity index (χ4v) is 2.03. The Labute approximate surface area is 124 Å². The zero-order valence-electron chi connectivity index (χ0n) is 12.2. The molecular formula is C16H19N3O2. The summed E-state index contributed by atoms with van der Waals surface area (Å²) in [6.45, 7) is 0.552. The summed E-state index contributed by atoms with van der Waals surface area (Å²) < 4.78 is 5.29. The van der Waals surface area contributed by atoms with Crippen LogP contribution in [0, 0.1) is 0 Å². The van der Waals surface area contributed by atoms with Gasteiger partial charge < -0.3 is 15.4 Å². The van der Waals surface area contributed by atoms with Crippen LogP contribution in [-0.2, 0) is 6.42 Å². The van der Waals surface area contributed by atoms with Gasteiger partial charge >= 0.3 is 0 Å². The van der Waals surface area contributed by atoms with Crippen molar-refractivity contribution in [1.29, 1.82) is 0 Å². The van der Waals surface area contributed by atoms with E-state index in [1.807, 2.05) is 24.3 Å². The maximum atomic E-state index is 12.1. The molecule has 5 heteroatoms. The highest BCUT2D eigenvalue weighted by Crippen LogP contribution is 2.17. The summed E-state index contributed by atoms with van der Waals surface area (Å²) in [5.41, 5.74) is 1.67. The number of methoxy groups -OCH3 is 1. The lowest BCUT2D eigenvalue weighted by molar-refractivity contribution is 0.0954. The van der Waals surface area contributed by atoms with E-state index in [4.69, 9.17) is 4.74 Å². The third-order valence-corrected chi connectivity index (χ3v) is 3.15. The van der Waals surface area contributed by atoms with Crippen LogP contribution in [0.2, 0.25) is 0 Å². The minimum Gasteiger partial charge on any atom is -0.496 e. The summed E-state index contributed by atoms with van der Waals surface area (Å²) in [5.74, 6) is 1.41. The van der Waals surface area contributed by atoms with Crippen molar-refractivity contribution >= 4 is 11.7 Å². The van der Waals surface area contributed by atoms with Crippen LogP contribution in [0.1, 0.15) is 15.9 Å². The molecular weight excluding hydrogens is 266 g/mol. The molecule has 110 valence electrons. The summed E-state index contributed by atoms with van der Waals surface area (Å²) >= 11 is 0. The largest absolute Gasteiger partial charge is 0.496 e. The first kappa shape index (κ1) is 14.8. The Morgan fingerprint density at radius 3 is 2.86 bits per heavy atom. The van der Waals surface area contributed by atoms with Gasteiger partial charge in [-0.25, -0.2) is 4.98 Å². The van der Waals surface area contributed by atoms with E-state index in [1.54, 1.807) is 32.5 Å². The number of carbonyl (C=O) groups excluding carboxylic acids is 1. The molecule has 2 rings (SSSR count). The van der Waals surface area contributed by atoms with Crippen molar-refractivity contribution in [3.8, 4) is 5.75 Å². The van der Waals surface area contributed by atoms with Gasteiger partial charge in [-0.2, -0.15) is 0 Å². The van der Waals surface area contributed by atoms with Crippen LogP contribution in [0.5, 0.6) is 5.75 Å². The quantitative estimate of drug-likeness (QED) is 0.853. The van der Waals surface area contributed by atoms with Crippen molar-refractivity contribution in [3.05, 3.63) is 53.7 Å². The van der Waals surface area contributed by atoms with Gasteiger partial charge in [0.2, 0.25) is 0 Å². The lowest BCUT2D eigenvalue weighted by Crippen LogP contribution is -2.25. The number of carbonyl (C=O) groups is 1. The van der Waals surface area contributed by atoms with E-state index < -0.39 is 0 Å². The van der Waals surface area contributed by atoms with E-state index in [9.17, 15) is 4.79 Å². The molecule has 0 atom stereocenters. The van der Waals surface area contributed by atoms with Gasteiger partial charge in [-0.3, -0.25) is 4.79 Å². The van der Waals surface area contributed by atoms with Crippen LogP contribution < -0.4 is 15.4 Å². The first-order valence-corrected chi connectivity index (χ1v) is 6.78. The number of hydrogen-bond donors (Lipinski definition) is 2. The van der Waals surface area contributed by atoms with Gasteiger partial charge in [-0.05, 0) is 30.2 Å². The molecule has 0 saturated heterocycles. The fourth-order valence-electron chi connectivity index (χ4n) is 2.03. The van der Waals surface area contributed by atoms with E-state index in [-0.39, 0.29) is 5.91 Å². The van der Waals surface area contributed by atoms with E-state index in [0.29, 0.717) is 17.9 Å². The van der Waals surface area contributed by atoms with Gasteiger partial charge in [0.05, 0.1) is 7.11 Å². The Morgan fingerprint density at radius 1 is 1.29 bits per heavy atom. The van der Waals surface area contributed by atoms with Gasteiger partial charge in [0.1, 0.15) is 11.6 Å². The van der Waals surface area contributed by atoms with Crippen LogP contribution in [-0.4, -0.2) is 31.6 Å². The number of anilines is 1. The molecule has 0 spiro atoms. The van der Waals surface area contributed by atoms with Crippen LogP contribution >= 0.6 is 0 Å². The average Bonchev–Trinajstić information content (AvgIpc) is 2.55. The van der Waals surface area contributed by atoms with Gasteiger partial charge in [-0.15, -0.1) is 0 Å². The van der Waals surface area contributed by atoms with Crippen molar-refractivity contribution in [2.24, 2.45) is 0 Å². The molecule has 0 fully saturated rings. The molecule has 2 aromatic rings. The Hall–Kier alpha value is -2.56. The minimum atomic E-state index is -0.108.